The Hall–Kier alpha value is -1.55. The van der Waals surface area contributed by atoms with Gasteiger partial charge in [-0.1, -0.05) is 11.6 Å². The van der Waals surface area contributed by atoms with Crippen LogP contribution in [0, 0.1) is 0 Å². The third-order valence-electron chi connectivity index (χ3n) is 2.96. The smallest absolute Gasteiger partial charge is 0.296 e. The van der Waals surface area contributed by atoms with Crippen molar-refractivity contribution in [1.82, 2.24) is 14.1 Å². The van der Waals surface area contributed by atoms with Gasteiger partial charge in [-0.2, -0.15) is 0 Å². The van der Waals surface area contributed by atoms with Crippen molar-refractivity contribution in [2.75, 3.05) is 0 Å². The molecular weight excluding hydrogens is 238 g/mol. The molecule has 2 aromatic rings. The standard InChI is InChI=1S/C12H12ClN3O/c13-11-7-9(3-4-14-11)8-15-5-6-16(12(15)17)10-1-2-10/h3-7,10H,1-2,8H2. The number of halogens is 1. The van der Waals surface area contributed by atoms with Crippen LogP contribution in [0.2, 0.25) is 5.15 Å². The molecule has 0 aliphatic heterocycles. The van der Waals surface area contributed by atoms with Crippen molar-refractivity contribution >= 4 is 11.6 Å². The van der Waals surface area contributed by atoms with E-state index in [0.717, 1.165) is 18.4 Å². The van der Waals surface area contributed by atoms with Crippen molar-refractivity contribution < 1.29 is 0 Å². The van der Waals surface area contributed by atoms with Crippen LogP contribution in [-0.2, 0) is 6.54 Å². The number of hydrogen-bond donors (Lipinski definition) is 0. The summed E-state index contributed by atoms with van der Waals surface area (Å²) in [5.41, 5.74) is 1.04. The van der Waals surface area contributed by atoms with Crippen molar-refractivity contribution in [3.63, 3.8) is 0 Å². The summed E-state index contributed by atoms with van der Waals surface area (Å²) < 4.78 is 3.51. The van der Waals surface area contributed by atoms with E-state index in [1.165, 1.54) is 0 Å². The highest BCUT2D eigenvalue weighted by molar-refractivity contribution is 6.29. The van der Waals surface area contributed by atoms with Gasteiger partial charge in [0.1, 0.15) is 5.15 Å². The van der Waals surface area contributed by atoms with E-state index >= 15 is 0 Å². The fourth-order valence-corrected chi connectivity index (χ4v) is 2.11. The molecule has 0 radical (unpaired) electrons. The van der Waals surface area contributed by atoms with E-state index in [1.54, 1.807) is 16.8 Å². The van der Waals surface area contributed by atoms with E-state index in [9.17, 15) is 4.79 Å². The minimum atomic E-state index is 0.0560. The lowest BCUT2D eigenvalue weighted by Gasteiger charge is -2.02. The molecule has 88 valence electrons. The van der Waals surface area contributed by atoms with Crippen LogP contribution < -0.4 is 5.69 Å². The van der Waals surface area contributed by atoms with Gasteiger partial charge < -0.3 is 0 Å². The Morgan fingerprint density at radius 2 is 2.24 bits per heavy atom. The Morgan fingerprint density at radius 1 is 1.41 bits per heavy atom. The lowest BCUT2D eigenvalue weighted by molar-refractivity contribution is 0.656. The molecule has 17 heavy (non-hydrogen) atoms. The molecule has 1 fully saturated rings. The summed E-state index contributed by atoms with van der Waals surface area (Å²) in [5.74, 6) is 0. The Morgan fingerprint density at radius 3 is 2.94 bits per heavy atom. The third kappa shape index (κ3) is 2.13. The Labute approximate surface area is 103 Å². The van der Waals surface area contributed by atoms with Gasteiger partial charge in [0.15, 0.2) is 0 Å². The summed E-state index contributed by atoms with van der Waals surface area (Å²) in [6.45, 7) is 0.542. The van der Waals surface area contributed by atoms with Crippen molar-refractivity contribution in [1.29, 1.82) is 0 Å². The van der Waals surface area contributed by atoms with Crippen LogP contribution in [0.5, 0.6) is 0 Å². The minimum absolute atomic E-state index is 0.0560. The van der Waals surface area contributed by atoms with Gasteiger partial charge in [-0.25, -0.2) is 9.78 Å². The van der Waals surface area contributed by atoms with Crippen LogP contribution in [0.4, 0.5) is 0 Å². The van der Waals surface area contributed by atoms with Gasteiger partial charge in [-0.15, -0.1) is 0 Å². The van der Waals surface area contributed by atoms with Gasteiger partial charge >= 0.3 is 5.69 Å². The lowest BCUT2D eigenvalue weighted by atomic mass is 10.3. The van der Waals surface area contributed by atoms with E-state index in [1.807, 2.05) is 23.0 Å². The molecule has 0 aromatic carbocycles. The molecule has 5 heteroatoms. The number of imidazole rings is 1. The molecule has 4 nitrogen and oxygen atoms in total. The van der Waals surface area contributed by atoms with E-state index < -0.39 is 0 Å². The zero-order valence-electron chi connectivity index (χ0n) is 9.21. The monoisotopic (exact) mass is 249 g/mol. The van der Waals surface area contributed by atoms with Gasteiger partial charge in [-0.3, -0.25) is 9.13 Å². The summed E-state index contributed by atoms with van der Waals surface area (Å²) in [4.78, 5) is 15.9. The molecule has 0 spiro atoms. The Bertz CT molecular complexity index is 598. The third-order valence-corrected chi connectivity index (χ3v) is 3.16. The van der Waals surface area contributed by atoms with Crippen molar-refractivity contribution in [3.8, 4) is 0 Å². The van der Waals surface area contributed by atoms with Crippen LogP contribution in [0.15, 0.2) is 35.5 Å². The highest BCUT2D eigenvalue weighted by Gasteiger charge is 2.25. The van der Waals surface area contributed by atoms with E-state index in [0.29, 0.717) is 17.7 Å². The number of aromatic nitrogens is 3. The molecule has 2 heterocycles. The van der Waals surface area contributed by atoms with Crippen LogP contribution in [-0.4, -0.2) is 14.1 Å². The van der Waals surface area contributed by atoms with Gasteiger partial charge in [0.2, 0.25) is 0 Å². The minimum Gasteiger partial charge on any atom is -0.296 e. The fraction of sp³-hybridized carbons (Fsp3) is 0.333. The average Bonchev–Trinajstić information content (AvgIpc) is 3.07. The second-order valence-corrected chi connectivity index (χ2v) is 4.72. The molecule has 1 saturated carbocycles. The number of pyridine rings is 1. The summed E-state index contributed by atoms with van der Waals surface area (Å²) in [7, 11) is 0. The highest BCUT2D eigenvalue weighted by Crippen LogP contribution is 2.33. The van der Waals surface area contributed by atoms with E-state index in [2.05, 4.69) is 4.98 Å². The number of rotatable bonds is 3. The first kappa shape index (κ1) is 10.6. The lowest BCUT2D eigenvalue weighted by Crippen LogP contribution is -2.23. The molecule has 0 unspecified atom stereocenters. The second kappa shape index (κ2) is 4.04. The van der Waals surface area contributed by atoms with Gasteiger partial charge in [0, 0.05) is 24.6 Å². The highest BCUT2D eigenvalue weighted by atomic mass is 35.5. The molecule has 1 aliphatic rings. The van der Waals surface area contributed by atoms with E-state index in [-0.39, 0.29) is 5.69 Å². The summed E-state index contributed by atoms with van der Waals surface area (Å²) in [6.07, 6.45) is 7.58. The molecule has 0 saturated heterocycles. The maximum absolute atomic E-state index is 12.0. The fourth-order valence-electron chi connectivity index (χ4n) is 1.92. The second-order valence-electron chi connectivity index (χ2n) is 4.33. The van der Waals surface area contributed by atoms with Gasteiger partial charge in [0.05, 0.1) is 6.54 Å². The van der Waals surface area contributed by atoms with Crippen molar-refractivity contribution in [2.24, 2.45) is 0 Å². The first-order valence-corrected chi connectivity index (χ1v) is 5.99. The molecule has 0 amide bonds. The molecule has 0 N–H and O–H groups in total. The van der Waals surface area contributed by atoms with E-state index in [4.69, 9.17) is 11.6 Å². The molecule has 1 aliphatic carbocycles. The van der Waals surface area contributed by atoms with Crippen molar-refractivity contribution in [2.45, 2.75) is 25.4 Å². The summed E-state index contributed by atoms with van der Waals surface area (Å²) >= 11 is 5.81. The van der Waals surface area contributed by atoms with Crippen LogP contribution in [0.3, 0.4) is 0 Å². The Balaban J connectivity index is 1.88. The summed E-state index contributed by atoms with van der Waals surface area (Å²) in [5, 5.41) is 0.456. The largest absolute Gasteiger partial charge is 0.328 e. The normalized spacial score (nSPS) is 15.1. The van der Waals surface area contributed by atoms with Crippen molar-refractivity contribution in [3.05, 3.63) is 51.9 Å². The zero-order chi connectivity index (χ0) is 11.8. The van der Waals surface area contributed by atoms with Gasteiger partial charge in [-0.05, 0) is 30.5 Å². The SMILES string of the molecule is O=c1n(Cc2ccnc(Cl)c2)ccn1C1CC1. The first-order valence-electron chi connectivity index (χ1n) is 5.62. The predicted octanol–water partition coefficient (Wildman–Crippen LogP) is 2.08. The molecule has 3 rings (SSSR count). The molecular formula is C12H12ClN3O. The maximum atomic E-state index is 12.0. The molecule has 0 atom stereocenters. The zero-order valence-corrected chi connectivity index (χ0v) is 9.97. The number of nitrogens with zero attached hydrogens (tertiary/aromatic N) is 3. The quantitative estimate of drug-likeness (QED) is 0.782. The van der Waals surface area contributed by atoms with Gasteiger partial charge in [0.25, 0.3) is 0 Å². The maximum Gasteiger partial charge on any atom is 0.328 e. The van der Waals surface area contributed by atoms with Crippen LogP contribution >= 0.6 is 11.6 Å². The summed E-state index contributed by atoms with van der Waals surface area (Å²) in [6, 6.07) is 4.07. The Kier molecular flexibility index (Phi) is 2.52. The average molecular weight is 250 g/mol. The molecule has 0 bridgehead atoms. The topological polar surface area (TPSA) is 39.8 Å². The first-order chi connectivity index (χ1) is 8.24. The predicted molar refractivity (Wildman–Crippen MR) is 65.3 cm³/mol. The van der Waals surface area contributed by atoms with Crippen LogP contribution in [0.1, 0.15) is 24.4 Å². The number of hydrogen-bond acceptors (Lipinski definition) is 2. The van der Waals surface area contributed by atoms with Crippen LogP contribution in [0.25, 0.3) is 0 Å². The molecule has 2 aromatic heterocycles.